The second-order valence-corrected chi connectivity index (χ2v) is 5.32. The molecule has 0 atom stereocenters. The molecule has 17 heavy (non-hydrogen) atoms. The quantitative estimate of drug-likeness (QED) is 0.786. The summed E-state index contributed by atoms with van der Waals surface area (Å²) in [6.07, 6.45) is 2.55. The van der Waals surface area contributed by atoms with Crippen molar-refractivity contribution >= 4 is 15.9 Å². The van der Waals surface area contributed by atoms with Crippen LogP contribution >= 0.6 is 0 Å². The van der Waals surface area contributed by atoms with Crippen molar-refractivity contribution in [1.82, 2.24) is 4.98 Å². The molecule has 96 valence electrons. The molecule has 0 saturated heterocycles. The molecule has 6 heteroatoms. The van der Waals surface area contributed by atoms with E-state index in [-0.39, 0.29) is 4.90 Å². The van der Waals surface area contributed by atoms with Crippen molar-refractivity contribution in [3.8, 4) is 0 Å². The van der Waals surface area contributed by atoms with Crippen molar-refractivity contribution < 1.29 is 13.0 Å². The highest BCUT2D eigenvalue weighted by molar-refractivity contribution is 7.86. The fraction of sp³-hybridized carbons (Fsp3) is 0.545. The first-order valence-corrected chi connectivity index (χ1v) is 7.09. The Balaban J connectivity index is 3.47. The molecule has 0 aliphatic rings. The van der Waals surface area contributed by atoms with Crippen LogP contribution in [0.5, 0.6) is 0 Å². The normalized spacial score (nSPS) is 11.7. The first-order chi connectivity index (χ1) is 7.90. The lowest BCUT2D eigenvalue weighted by Gasteiger charge is -2.12. The number of anilines is 1. The molecule has 1 aromatic heterocycles. The lowest BCUT2D eigenvalue weighted by molar-refractivity contribution is 0.480. The maximum Gasteiger partial charge on any atom is 0.296 e. The Hall–Kier alpha value is -1.14. The number of hydrogen-bond donors (Lipinski definition) is 2. The van der Waals surface area contributed by atoms with Gasteiger partial charge >= 0.3 is 0 Å². The first-order valence-electron chi connectivity index (χ1n) is 5.65. The molecule has 1 rings (SSSR count). The third kappa shape index (κ3) is 3.41. The predicted molar refractivity (Wildman–Crippen MR) is 66.5 cm³/mol. The summed E-state index contributed by atoms with van der Waals surface area (Å²) in [5.41, 5.74) is 6.55. The van der Waals surface area contributed by atoms with Crippen LogP contribution in [0.2, 0.25) is 0 Å². The highest BCUT2D eigenvalue weighted by Gasteiger charge is 2.21. The number of rotatable bonds is 5. The van der Waals surface area contributed by atoms with Crippen LogP contribution < -0.4 is 5.73 Å². The van der Waals surface area contributed by atoms with Gasteiger partial charge in [-0.3, -0.25) is 4.55 Å². The Bertz CT molecular complexity index is 470. The number of nitrogens with two attached hydrogens (primary N) is 1. The van der Waals surface area contributed by atoms with Crippen LogP contribution in [-0.4, -0.2) is 18.0 Å². The highest BCUT2D eigenvalue weighted by atomic mass is 32.2. The van der Waals surface area contributed by atoms with E-state index in [1.54, 1.807) is 0 Å². The van der Waals surface area contributed by atoms with E-state index in [4.69, 9.17) is 5.73 Å². The van der Waals surface area contributed by atoms with Crippen molar-refractivity contribution in [2.45, 2.75) is 44.4 Å². The van der Waals surface area contributed by atoms with Crippen LogP contribution in [0.1, 0.15) is 37.9 Å². The Kier molecular flexibility index (Phi) is 4.47. The highest BCUT2D eigenvalue weighted by Crippen LogP contribution is 2.23. The maximum atomic E-state index is 11.4. The Morgan fingerprint density at radius 3 is 2.35 bits per heavy atom. The third-order valence-corrected chi connectivity index (χ3v) is 3.42. The molecule has 0 aliphatic heterocycles. The Morgan fingerprint density at radius 1 is 1.29 bits per heavy atom. The minimum absolute atomic E-state index is 0.0598. The smallest absolute Gasteiger partial charge is 0.296 e. The average Bonchev–Trinajstić information content (AvgIpc) is 2.15. The summed E-state index contributed by atoms with van der Waals surface area (Å²) in [6, 6.07) is 1.52. The summed E-state index contributed by atoms with van der Waals surface area (Å²) in [5, 5.41) is 0. The van der Waals surface area contributed by atoms with Crippen LogP contribution in [0.4, 0.5) is 5.82 Å². The molecule has 0 fully saturated rings. The van der Waals surface area contributed by atoms with Crippen molar-refractivity contribution in [3.05, 3.63) is 17.3 Å². The number of pyridine rings is 1. The zero-order valence-electron chi connectivity index (χ0n) is 10.1. The summed E-state index contributed by atoms with van der Waals surface area (Å²) in [4.78, 5) is 3.95. The van der Waals surface area contributed by atoms with Crippen molar-refractivity contribution in [2.75, 3.05) is 5.73 Å². The van der Waals surface area contributed by atoms with Gasteiger partial charge in [0.2, 0.25) is 0 Å². The monoisotopic (exact) mass is 258 g/mol. The minimum Gasteiger partial charge on any atom is -0.384 e. The third-order valence-electron chi connectivity index (χ3n) is 2.40. The van der Waals surface area contributed by atoms with Crippen LogP contribution in [0, 0.1) is 0 Å². The zero-order chi connectivity index (χ0) is 13.1. The summed E-state index contributed by atoms with van der Waals surface area (Å²) in [6.45, 7) is 3.85. The summed E-state index contributed by atoms with van der Waals surface area (Å²) >= 11 is 0. The van der Waals surface area contributed by atoms with Crippen LogP contribution in [0.3, 0.4) is 0 Å². The van der Waals surface area contributed by atoms with Crippen LogP contribution in [0.15, 0.2) is 11.0 Å². The molecule has 0 amide bonds. The van der Waals surface area contributed by atoms with Crippen molar-refractivity contribution in [3.63, 3.8) is 0 Å². The molecule has 0 aromatic carbocycles. The van der Waals surface area contributed by atoms with Gasteiger partial charge in [0.1, 0.15) is 10.7 Å². The van der Waals surface area contributed by atoms with Gasteiger partial charge in [-0.05, 0) is 24.5 Å². The first kappa shape index (κ1) is 13.9. The molecule has 0 radical (unpaired) electrons. The molecule has 3 N–H and O–H groups in total. The molecule has 0 spiro atoms. The number of aromatic nitrogens is 1. The van der Waals surface area contributed by atoms with Gasteiger partial charge in [0.05, 0.1) is 5.69 Å². The molecule has 1 aromatic rings. The standard InChI is InChI=1S/C11H18N2O3S/c1-3-5-8-7-10(12)13-9(6-4-2)11(8)17(14,15)16/h7H,3-6H2,1-2H3,(H2,12,13)(H,14,15,16). The van der Waals surface area contributed by atoms with Gasteiger partial charge in [0.15, 0.2) is 0 Å². The second-order valence-electron chi connectivity index (χ2n) is 3.96. The van der Waals surface area contributed by atoms with Gasteiger partial charge in [-0.2, -0.15) is 8.42 Å². The van der Waals surface area contributed by atoms with Gasteiger partial charge in [-0.1, -0.05) is 26.7 Å². The fourth-order valence-electron chi connectivity index (χ4n) is 1.84. The van der Waals surface area contributed by atoms with Crippen molar-refractivity contribution in [1.29, 1.82) is 0 Å². The Labute approximate surface area is 102 Å². The second kappa shape index (κ2) is 5.46. The SMILES string of the molecule is CCCc1cc(N)nc(CCC)c1S(=O)(=O)O. The summed E-state index contributed by atoms with van der Waals surface area (Å²) < 4.78 is 32.1. The van der Waals surface area contributed by atoms with Gasteiger partial charge in [0.25, 0.3) is 10.1 Å². The predicted octanol–water partition coefficient (Wildman–Crippen LogP) is 1.82. The van der Waals surface area contributed by atoms with E-state index >= 15 is 0 Å². The van der Waals surface area contributed by atoms with E-state index < -0.39 is 10.1 Å². The molecular weight excluding hydrogens is 240 g/mol. The van der Waals surface area contributed by atoms with Gasteiger partial charge in [-0.25, -0.2) is 4.98 Å². The number of aryl methyl sites for hydroxylation is 2. The van der Waals surface area contributed by atoms with E-state index in [1.807, 2.05) is 13.8 Å². The van der Waals surface area contributed by atoms with E-state index in [0.29, 0.717) is 29.9 Å². The number of nitrogen functional groups attached to an aromatic ring is 1. The molecule has 0 bridgehead atoms. The molecule has 0 saturated carbocycles. The van der Waals surface area contributed by atoms with Gasteiger partial charge in [0, 0.05) is 0 Å². The molecular formula is C11H18N2O3S. The molecule has 1 heterocycles. The van der Waals surface area contributed by atoms with Gasteiger partial charge < -0.3 is 5.73 Å². The van der Waals surface area contributed by atoms with E-state index in [0.717, 1.165) is 12.8 Å². The number of hydrogen-bond acceptors (Lipinski definition) is 4. The number of nitrogens with zero attached hydrogens (tertiary/aromatic N) is 1. The summed E-state index contributed by atoms with van der Waals surface area (Å²) in [5.74, 6) is 0.296. The Morgan fingerprint density at radius 2 is 1.88 bits per heavy atom. The van der Waals surface area contributed by atoms with E-state index in [9.17, 15) is 13.0 Å². The fourth-order valence-corrected chi connectivity index (χ4v) is 2.78. The summed E-state index contributed by atoms with van der Waals surface area (Å²) in [7, 11) is -4.24. The van der Waals surface area contributed by atoms with E-state index in [1.165, 1.54) is 6.07 Å². The molecule has 0 aliphatic carbocycles. The van der Waals surface area contributed by atoms with Crippen molar-refractivity contribution in [2.24, 2.45) is 0 Å². The average molecular weight is 258 g/mol. The lowest BCUT2D eigenvalue weighted by Crippen LogP contribution is -2.11. The topological polar surface area (TPSA) is 93.3 Å². The maximum absolute atomic E-state index is 11.4. The van der Waals surface area contributed by atoms with Crippen LogP contribution in [0.25, 0.3) is 0 Å². The minimum atomic E-state index is -4.24. The molecule has 0 unspecified atom stereocenters. The largest absolute Gasteiger partial charge is 0.384 e. The van der Waals surface area contributed by atoms with E-state index in [2.05, 4.69) is 4.98 Å². The zero-order valence-corrected chi connectivity index (χ0v) is 10.9. The van der Waals surface area contributed by atoms with Gasteiger partial charge in [-0.15, -0.1) is 0 Å². The molecule has 5 nitrogen and oxygen atoms in total. The van der Waals surface area contributed by atoms with Crippen LogP contribution in [-0.2, 0) is 23.0 Å². The lowest BCUT2D eigenvalue weighted by atomic mass is 10.1.